The van der Waals surface area contributed by atoms with Crippen LogP contribution in [0.25, 0.3) is 0 Å². The van der Waals surface area contributed by atoms with E-state index < -0.39 is 0 Å². The lowest BCUT2D eigenvalue weighted by atomic mass is 10.3. The van der Waals surface area contributed by atoms with Gasteiger partial charge in [0.25, 0.3) is 0 Å². The van der Waals surface area contributed by atoms with Gasteiger partial charge >= 0.3 is 0 Å². The summed E-state index contributed by atoms with van der Waals surface area (Å²) in [4.78, 5) is 20.0. The van der Waals surface area contributed by atoms with Crippen LogP contribution in [0.5, 0.6) is 0 Å². The lowest BCUT2D eigenvalue weighted by Crippen LogP contribution is -2.15. The molecule has 7 heteroatoms. The number of nitrogens with one attached hydrogen (secondary N) is 1. The summed E-state index contributed by atoms with van der Waals surface area (Å²) in [6.07, 6.45) is 3.31. The Labute approximate surface area is 115 Å². The van der Waals surface area contributed by atoms with Gasteiger partial charge in [0.05, 0.1) is 22.8 Å². The number of carbonyl (C=O) groups excluding carboxylic acids is 1. The minimum absolute atomic E-state index is 0.0864. The van der Waals surface area contributed by atoms with Crippen molar-refractivity contribution in [2.24, 2.45) is 7.05 Å². The summed E-state index contributed by atoms with van der Waals surface area (Å²) < 4.78 is 1.75. The largest absolute Gasteiger partial charge is 0.322 e. The van der Waals surface area contributed by atoms with Crippen molar-refractivity contribution in [3.8, 4) is 0 Å². The highest BCUT2D eigenvalue weighted by molar-refractivity contribution is 7.99. The smallest absolute Gasteiger partial charge is 0.234 e. The molecule has 2 aromatic heterocycles. The van der Waals surface area contributed by atoms with E-state index in [9.17, 15) is 4.79 Å². The number of thioether (sulfide) groups is 1. The molecule has 0 aliphatic heterocycles. The number of amides is 1. The zero-order chi connectivity index (χ0) is 13.8. The number of aryl methyl sites for hydroxylation is 2. The van der Waals surface area contributed by atoms with E-state index in [0.717, 1.165) is 17.1 Å². The molecule has 0 bridgehead atoms. The van der Waals surface area contributed by atoms with E-state index in [2.05, 4.69) is 20.4 Å². The van der Waals surface area contributed by atoms with E-state index in [1.54, 1.807) is 23.1 Å². The van der Waals surface area contributed by atoms with Gasteiger partial charge in [0.15, 0.2) is 5.16 Å². The number of hydrogen-bond acceptors (Lipinski definition) is 5. The summed E-state index contributed by atoms with van der Waals surface area (Å²) in [6, 6.07) is 1.74. The van der Waals surface area contributed by atoms with Crippen LogP contribution in [0.15, 0.2) is 23.6 Å². The van der Waals surface area contributed by atoms with Crippen LogP contribution in [0.3, 0.4) is 0 Å². The van der Waals surface area contributed by atoms with E-state index in [1.165, 1.54) is 11.8 Å². The zero-order valence-electron chi connectivity index (χ0n) is 11.0. The Kier molecular flexibility index (Phi) is 4.16. The van der Waals surface area contributed by atoms with Crippen molar-refractivity contribution in [2.45, 2.75) is 19.0 Å². The van der Waals surface area contributed by atoms with Gasteiger partial charge in [-0.3, -0.25) is 9.48 Å². The van der Waals surface area contributed by atoms with E-state index >= 15 is 0 Å². The number of nitrogens with zero attached hydrogens (tertiary/aromatic N) is 4. The van der Waals surface area contributed by atoms with Crippen LogP contribution in [0.1, 0.15) is 11.4 Å². The standard InChI is InChI=1S/C12H15N5OS/c1-8-11(9(2)17(3)16-8)15-10(18)7-19-12-13-5-4-6-14-12/h4-6H,7H2,1-3H3,(H,15,18). The molecule has 6 nitrogen and oxygen atoms in total. The summed E-state index contributed by atoms with van der Waals surface area (Å²) >= 11 is 1.30. The Balaban J connectivity index is 1.95. The summed E-state index contributed by atoms with van der Waals surface area (Å²) in [5, 5.41) is 7.72. The normalized spacial score (nSPS) is 10.5. The summed E-state index contributed by atoms with van der Waals surface area (Å²) in [5.74, 6) is 0.189. The predicted octanol–water partition coefficient (Wildman–Crippen LogP) is 1.56. The minimum Gasteiger partial charge on any atom is -0.322 e. The van der Waals surface area contributed by atoms with Gasteiger partial charge in [-0.15, -0.1) is 0 Å². The second kappa shape index (κ2) is 5.83. The topological polar surface area (TPSA) is 72.7 Å². The average molecular weight is 277 g/mol. The highest BCUT2D eigenvalue weighted by Crippen LogP contribution is 2.19. The summed E-state index contributed by atoms with van der Waals surface area (Å²) in [7, 11) is 1.85. The minimum atomic E-state index is -0.0864. The van der Waals surface area contributed by atoms with Gasteiger partial charge in [-0.1, -0.05) is 11.8 Å². The fourth-order valence-corrected chi connectivity index (χ4v) is 2.22. The lowest BCUT2D eigenvalue weighted by Gasteiger charge is -2.04. The Morgan fingerprint density at radius 3 is 2.63 bits per heavy atom. The first-order valence-electron chi connectivity index (χ1n) is 5.78. The first-order chi connectivity index (χ1) is 9.08. The first kappa shape index (κ1) is 13.5. The molecule has 0 atom stereocenters. The molecule has 1 amide bonds. The van der Waals surface area contributed by atoms with E-state index in [0.29, 0.717) is 5.16 Å². The number of aromatic nitrogens is 4. The maximum absolute atomic E-state index is 11.9. The van der Waals surface area contributed by atoms with Crippen molar-refractivity contribution < 1.29 is 4.79 Å². The van der Waals surface area contributed by atoms with Crippen LogP contribution in [0, 0.1) is 13.8 Å². The second-order valence-electron chi connectivity index (χ2n) is 4.04. The average Bonchev–Trinajstić information content (AvgIpc) is 2.64. The SMILES string of the molecule is Cc1nn(C)c(C)c1NC(=O)CSc1ncccn1. The van der Waals surface area contributed by atoms with Crippen molar-refractivity contribution >= 4 is 23.4 Å². The molecule has 1 N–H and O–H groups in total. The fourth-order valence-electron chi connectivity index (χ4n) is 1.62. The van der Waals surface area contributed by atoms with Crippen molar-refractivity contribution in [1.29, 1.82) is 0 Å². The first-order valence-corrected chi connectivity index (χ1v) is 6.76. The molecule has 0 unspecified atom stereocenters. The monoisotopic (exact) mass is 277 g/mol. The van der Waals surface area contributed by atoms with Gasteiger partial charge in [-0.2, -0.15) is 5.10 Å². The third kappa shape index (κ3) is 3.31. The molecule has 0 saturated carbocycles. The number of anilines is 1. The predicted molar refractivity (Wildman–Crippen MR) is 74.1 cm³/mol. The quantitative estimate of drug-likeness (QED) is 0.678. The van der Waals surface area contributed by atoms with Gasteiger partial charge in [-0.05, 0) is 19.9 Å². The van der Waals surface area contributed by atoms with E-state index in [4.69, 9.17) is 0 Å². The summed E-state index contributed by atoms with van der Waals surface area (Å²) in [6.45, 7) is 3.79. The van der Waals surface area contributed by atoms with Crippen LogP contribution >= 0.6 is 11.8 Å². The molecule has 0 spiro atoms. The van der Waals surface area contributed by atoms with Gasteiger partial charge in [0, 0.05) is 19.4 Å². The highest BCUT2D eigenvalue weighted by atomic mass is 32.2. The molecular weight excluding hydrogens is 262 g/mol. The molecule has 2 aromatic rings. The van der Waals surface area contributed by atoms with Crippen LogP contribution in [0.4, 0.5) is 5.69 Å². The Morgan fingerprint density at radius 2 is 2.05 bits per heavy atom. The molecule has 0 aromatic carbocycles. The van der Waals surface area contributed by atoms with Crippen molar-refractivity contribution in [1.82, 2.24) is 19.7 Å². The highest BCUT2D eigenvalue weighted by Gasteiger charge is 2.12. The molecule has 0 aliphatic rings. The second-order valence-corrected chi connectivity index (χ2v) is 4.98. The molecule has 2 rings (SSSR count). The van der Waals surface area contributed by atoms with Crippen molar-refractivity contribution in [2.75, 3.05) is 11.1 Å². The Bertz CT molecular complexity index is 581. The third-order valence-electron chi connectivity index (χ3n) is 2.65. The maximum atomic E-state index is 11.9. The number of hydrogen-bond donors (Lipinski definition) is 1. The van der Waals surface area contributed by atoms with Crippen LogP contribution < -0.4 is 5.32 Å². The van der Waals surface area contributed by atoms with Gasteiger partial charge in [0.2, 0.25) is 5.91 Å². The molecule has 2 heterocycles. The maximum Gasteiger partial charge on any atom is 0.234 e. The van der Waals surface area contributed by atoms with E-state index in [-0.39, 0.29) is 11.7 Å². The summed E-state index contributed by atoms with van der Waals surface area (Å²) in [5.41, 5.74) is 2.53. The third-order valence-corrected chi connectivity index (χ3v) is 3.52. The van der Waals surface area contributed by atoms with Crippen molar-refractivity contribution in [3.05, 3.63) is 29.8 Å². The van der Waals surface area contributed by atoms with Crippen LogP contribution in [-0.4, -0.2) is 31.4 Å². The number of rotatable bonds is 4. The lowest BCUT2D eigenvalue weighted by molar-refractivity contribution is -0.113. The molecular formula is C12H15N5OS. The van der Waals surface area contributed by atoms with Gasteiger partial charge in [-0.25, -0.2) is 9.97 Å². The van der Waals surface area contributed by atoms with Crippen LogP contribution in [0.2, 0.25) is 0 Å². The molecule has 100 valence electrons. The fraction of sp³-hybridized carbons (Fsp3) is 0.333. The molecule has 0 saturated heterocycles. The molecule has 0 fully saturated rings. The van der Waals surface area contributed by atoms with Gasteiger partial charge in [0.1, 0.15) is 0 Å². The molecule has 19 heavy (non-hydrogen) atoms. The molecule has 0 radical (unpaired) electrons. The van der Waals surface area contributed by atoms with Crippen LogP contribution in [-0.2, 0) is 11.8 Å². The Morgan fingerprint density at radius 1 is 1.37 bits per heavy atom. The Hall–Kier alpha value is -1.89. The van der Waals surface area contributed by atoms with Crippen molar-refractivity contribution in [3.63, 3.8) is 0 Å². The van der Waals surface area contributed by atoms with E-state index in [1.807, 2.05) is 20.9 Å². The van der Waals surface area contributed by atoms with Gasteiger partial charge < -0.3 is 5.32 Å². The number of carbonyl (C=O) groups is 1. The molecule has 0 aliphatic carbocycles. The zero-order valence-corrected chi connectivity index (χ0v) is 11.9.